The molecule has 0 radical (unpaired) electrons. The molecule has 0 aromatic carbocycles. The van der Waals surface area contributed by atoms with Crippen LogP contribution >= 0.6 is 0 Å². The summed E-state index contributed by atoms with van der Waals surface area (Å²) in [6.07, 6.45) is 2.89. The van der Waals surface area contributed by atoms with Gasteiger partial charge in [-0.2, -0.15) is 5.10 Å². The smallest absolute Gasteiger partial charge is 0.255 e. The van der Waals surface area contributed by atoms with Crippen LogP contribution in [0.4, 0.5) is 0 Å². The first-order chi connectivity index (χ1) is 10.6. The van der Waals surface area contributed by atoms with Crippen LogP contribution in [0.5, 0.6) is 0 Å². The summed E-state index contributed by atoms with van der Waals surface area (Å²) in [4.78, 5) is 14.6. The highest BCUT2D eigenvalue weighted by molar-refractivity contribution is 5.95. The zero-order valence-corrected chi connectivity index (χ0v) is 13.2. The summed E-state index contributed by atoms with van der Waals surface area (Å²) in [6.45, 7) is 4.95. The third-order valence-electron chi connectivity index (χ3n) is 4.67. The van der Waals surface area contributed by atoms with Crippen LogP contribution in [0.15, 0.2) is 6.20 Å². The summed E-state index contributed by atoms with van der Waals surface area (Å²) in [6, 6.07) is -0.0795. The van der Waals surface area contributed by atoms with E-state index in [1.54, 1.807) is 17.9 Å². The molecule has 2 N–H and O–H groups in total. The molecule has 122 valence electrons. The van der Waals surface area contributed by atoms with Gasteiger partial charge in [0, 0.05) is 32.4 Å². The minimum absolute atomic E-state index is 0.115. The molecule has 1 saturated carbocycles. The molecule has 1 saturated heterocycles. The van der Waals surface area contributed by atoms with E-state index in [1.165, 1.54) is 0 Å². The molecule has 1 aliphatic carbocycles. The van der Waals surface area contributed by atoms with Gasteiger partial charge >= 0.3 is 0 Å². The average Bonchev–Trinajstić information content (AvgIpc) is 3.03. The van der Waals surface area contributed by atoms with E-state index < -0.39 is 6.10 Å². The number of aromatic nitrogens is 2. The van der Waals surface area contributed by atoms with Gasteiger partial charge in [0.25, 0.3) is 5.91 Å². The Morgan fingerprint density at radius 1 is 1.41 bits per heavy atom. The summed E-state index contributed by atoms with van der Waals surface area (Å²) in [5.74, 6) is -0.155. The van der Waals surface area contributed by atoms with Gasteiger partial charge in [-0.15, -0.1) is 0 Å². The predicted octanol–water partition coefficient (Wildman–Crippen LogP) is -0.318. The number of morpholine rings is 1. The highest BCUT2D eigenvalue weighted by atomic mass is 16.5. The fourth-order valence-corrected chi connectivity index (χ4v) is 3.49. The van der Waals surface area contributed by atoms with Crippen molar-refractivity contribution in [3.05, 3.63) is 17.5 Å². The standard InChI is InChI=1S/C15H24N4O3/c1-10-11(9-18(2)17-10)15(21)16-12-3-4-13(14(12)20)19-5-7-22-8-6-19/h9,12-14,20H,3-8H2,1-2H3,(H,16,21)/t12-,13-,14-/m1/s1. The first-order valence-electron chi connectivity index (χ1n) is 7.87. The van der Waals surface area contributed by atoms with Gasteiger partial charge in [-0.25, -0.2) is 0 Å². The second-order valence-corrected chi connectivity index (χ2v) is 6.17. The first-order valence-corrected chi connectivity index (χ1v) is 7.87. The van der Waals surface area contributed by atoms with Crippen molar-refractivity contribution in [1.82, 2.24) is 20.0 Å². The van der Waals surface area contributed by atoms with E-state index in [9.17, 15) is 9.90 Å². The van der Waals surface area contributed by atoms with E-state index in [-0.39, 0.29) is 18.0 Å². The van der Waals surface area contributed by atoms with Crippen molar-refractivity contribution in [3.8, 4) is 0 Å². The average molecular weight is 308 g/mol. The zero-order chi connectivity index (χ0) is 15.7. The number of nitrogens with zero attached hydrogens (tertiary/aromatic N) is 3. The van der Waals surface area contributed by atoms with E-state index in [2.05, 4.69) is 15.3 Å². The number of hydrogen-bond acceptors (Lipinski definition) is 5. The van der Waals surface area contributed by atoms with Gasteiger partial charge in [0.05, 0.1) is 36.6 Å². The van der Waals surface area contributed by atoms with Gasteiger partial charge in [0.15, 0.2) is 0 Å². The number of aliphatic hydroxyl groups is 1. The SMILES string of the molecule is Cc1nn(C)cc1C(=O)N[C@@H]1CC[C@@H](N2CCOCC2)[C@@H]1O. The molecule has 1 aromatic rings. The van der Waals surface area contributed by atoms with E-state index in [1.807, 2.05) is 6.92 Å². The van der Waals surface area contributed by atoms with Gasteiger partial charge in [-0.3, -0.25) is 14.4 Å². The monoisotopic (exact) mass is 308 g/mol. The fourth-order valence-electron chi connectivity index (χ4n) is 3.49. The number of rotatable bonds is 3. The van der Waals surface area contributed by atoms with E-state index in [0.29, 0.717) is 11.3 Å². The van der Waals surface area contributed by atoms with Crippen LogP contribution in [0.1, 0.15) is 28.9 Å². The summed E-state index contributed by atoms with van der Waals surface area (Å²) in [7, 11) is 1.79. The Bertz CT molecular complexity index is 539. The second-order valence-electron chi connectivity index (χ2n) is 6.17. The van der Waals surface area contributed by atoms with Crippen molar-refractivity contribution in [2.75, 3.05) is 26.3 Å². The van der Waals surface area contributed by atoms with Crippen molar-refractivity contribution >= 4 is 5.91 Å². The Labute approximate surface area is 130 Å². The number of hydrogen-bond donors (Lipinski definition) is 2. The van der Waals surface area contributed by atoms with Crippen molar-refractivity contribution < 1.29 is 14.6 Å². The minimum atomic E-state index is -0.529. The molecule has 0 unspecified atom stereocenters. The van der Waals surface area contributed by atoms with Crippen molar-refractivity contribution in [2.45, 2.75) is 38.0 Å². The molecule has 1 aromatic heterocycles. The lowest BCUT2D eigenvalue weighted by Crippen LogP contribution is -2.51. The molecule has 2 fully saturated rings. The Morgan fingerprint density at radius 3 is 2.77 bits per heavy atom. The number of nitrogens with one attached hydrogen (secondary N) is 1. The lowest BCUT2D eigenvalue weighted by atomic mass is 10.1. The van der Waals surface area contributed by atoms with Crippen LogP contribution in [-0.4, -0.2) is 70.2 Å². The quantitative estimate of drug-likeness (QED) is 0.800. The highest BCUT2D eigenvalue weighted by Gasteiger charge is 2.39. The Balaban J connectivity index is 1.61. The normalized spacial score (nSPS) is 29.7. The highest BCUT2D eigenvalue weighted by Crippen LogP contribution is 2.26. The molecule has 2 heterocycles. The predicted molar refractivity (Wildman–Crippen MR) is 80.6 cm³/mol. The van der Waals surface area contributed by atoms with Crippen LogP contribution < -0.4 is 5.32 Å². The summed E-state index contributed by atoms with van der Waals surface area (Å²) in [5.41, 5.74) is 1.28. The van der Waals surface area contributed by atoms with E-state index in [4.69, 9.17) is 4.74 Å². The molecule has 7 nitrogen and oxygen atoms in total. The van der Waals surface area contributed by atoms with Crippen molar-refractivity contribution in [2.24, 2.45) is 7.05 Å². The van der Waals surface area contributed by atoms with Crippen LogP contribution in [0.2, 0.25) is 0 Å². The number of carbonyl (C=O) groups is 1. The number of aliphatic hydroxyl groups excluding tert-OH is 1. The number of carbonyl (C=O) groups excluding carboxylic acids is 1. The maximum absolute atomic E-state index is 12.4. The third kappa shape index (κ3) is 3.02. The van der Waals surface area contributed by atoms with Crippen LogP contribution in [0, 0.1) is 6.92 Å². The first kappa shape index (κ1) is 15.5. The maximum Gasteiger partial charge on any atom is 0.255 e. The lowest BCUT2D eigenvalue weighted by molar-refractivity contribution is -0.0154. The van der Waals surface area contributed by atoms with Crippen LogP contribution in [0.25, 0.3) is 0 Å². The van der Waals surface area contributed by atoms with E-state index >= 15 is 0 Å². The van der Waals surface area contributed by atoms with Crippen LogP contribution in [-0.2, 0) is 11.8 Å². The van der Waals surface area contributed by atoms with Crippen LogP contribution in [0.3, 0.4) is 0 Å². The Hall–Kier alpha value is -1.44. The lowest BCUT2D eigenvalue weighted by Gasteiger charge is -2.34. The van der Waals surface area contributed by atoms with E-state index in [0.717, 1.165) is 39.1 Å². The maximum atomic E-state index is 12.4. The Morgan fingerprint density at radius 2 is 2.14 bits per heavy atom. The van der Waals surface area contributed by atoms with Crippen molar-refractivity contribution in [1.29, 1.82) is 0 Å². The van der Waals surface area contributed by atoms with Gasteiger partial charge in [0.1, 0.15) is 0 Å². The summed E-state index contributed by atoms with van der Waals surface area (Å²) in [5, 5.41) is 17.7. The van der Waals surface area contributed by atoms with Gasteiger partial charge in [-0.05, 0) is 19.8 Å². The molecule has 22 heavy (non-hydrogen) atoms. The fraction of sp³-hybridized carbons (Fsp3) is 0.733. The topological polar surface area (TPSA) is 79.6 Å². The largest absolute Gasteiger partial charge is 0.389 e. The van der Waals surface area contributed by atoms with Gasteiger partial charge < -0.3 is 15.2 Å². The molecule has 3 atom stereocenters. The number of amides is 1. The number of aryl methyl sites for hydroxylation is 2. The molecular formula is C15H24N4O3. The molecule has 7 heteroatoms. The molecule has 3 rings (SSSR count). The second kappa shape index (κ2) is 6.36. The molecule has 0 spiro atoms. The molecule has 2 aliphatic rings. The molecule has 0 bridgehead atoms. The van der Waals surface area contributed by atoms with Gasteiger partial charge in [-0.1, -0.05) is 0 Å². The van der Waals surface area contributed by atoms with Gasteiger partial charge in [0.2, 0.25) is 0 Å². The third-order valence-corrected chi connectivity index (χ3v) is 4.67. The molecule has 1 amide bonds. The summed E-state index contributed by atoms with van der Waals surface area (Å²) < 4.78 is 6.99. The molecular weight excluding hydrogens is 284 g/mol. The zero-order valence-electron chi connectivity index (χ0n) is 13.2. The van der Waals surface area contributed by atoms with Crippen molar-refractivity contribution in [3.63, 3.8) is 0 Å². The molecule has 1 aliphatic heterocycles. The number of ether oxygens (including phenoxy) is 1. The minimum Gasteiger partial charge on any atom is -0.389 e. The summed E-state index contributed by atoms with van der Waals surface area (Å²) >= 11 is 0. The Kier molecular flexibility index (Phi) is 4.46.